The van der Waals surface area contributed by atoms with Crippen molar-refractivity contribution in [2.45, 2.75) is 11.8 Å². The van der Waals surface area contributed by atoms with Crippen LogP contribution in [0, 0.1) is 0 Å². The predicted molar refractivity (Wildman–Crippen MR) is 71.7 cm³/mol. The Morgan fingerprint density at radius 3 is 2.65 bits per heavy atom. The van der Waals surface area contributed by atoms with Gasteiger partial charge in [0, 0.05) is 17.1 Å². The number of aromatic nitrogens is 1. The first kappa shape index (κ1) is 12.1. The monoisotopic (exact) mass is 224 g/mol. The summed E-state index contributed by atoms with van der Waals surface area (Å²) in [6.45, 7) is 0. The molecule has 0 aliphatic rings. The van der Waals surface area contributed by atoms with Crippen molar-refractivity contribution in [2.24, 2.45) is 0 Å². The van der Waals surface area contributed by atoms with Crippen LogP contribution in [0.25, 0.3) is 10.9 Å². The first-order valence-corrected chi connectivity index (χ1v) is 5.49. The molecule has 0 saturated heterocycles. The van der Waals surface area contributed by atoms with E-state index in [1.54, 1.807) is 18.3 Å². The minimum Gasteiger partial charge on any atom is -0.507 e. The Labute approximate surface area is 104 Å². The molecule has 2 N–H and O–H groups in total. The second-order valence-electron chi connectivity index (χ2n) is 4.42. The number of phenolic OH excluding ortho intramolecular Hbond substituents is 1. The van der Waals surface area contributed by atoms with E-state index in [1.165, 1.54) is 0 Å². The quantitative estimate of drug-likeness (QED) is 0.767. The zero-order chi connectivity index (χ0) is 12.6. The van der Waals surface area contributed by atoms with Crippen LogP contribution in [0.15, 0.2) is 24.4 Å². The van der Waals surface area contributed by atoms with Gasteiger partial charge in [0.05, 0.1) is 15.7 Å². The molecule has 2 atom stereocenters. The fourth-order valence-corrected chi connectivity index (χ4v) is 1.96. The van der Waals surface area contributed by atoms with Gasteiger partial charge in [-0.2, -0.15) is 0 Å². The maximum Gasteiger partial charge on any atom is 0.125 e. The van der Waals surface area contributed by atoms with Crippen LogP contribution in [-0.4, -0.2) is 50.7 Å². The first-order valence-electron chi connectivity index (χ1n) is 5.49. The third kappa shape index (κ3) is 2.07. The molecule has 2 unspecified atom stereocenters. The van der Waals surface area contributed by atoms with Crippen LogP contribution < -0.4 is 0 Å². The molecule has 2 aromatic rings. The molecule has 0 aliphatic carbocycles. The van der Waals surface area contributed by atoms with Gasteiger partial charge in [0.2, 0.25) is 0 Å². The van der Waals surface area contributed by atoms with Gasteiger partial charge in [-0.3, -0.25) is 0 Å². The highest BCUT2D eigenvalue weighted by molar-refractivity contribution is 6.22. The smallest absolute Gasteiger partial charge is 0.125 e. The van der Waals surface area contributed by atoms with E-state index < -0.39 is 0 Å². The second kappa shape index (κ2) is 4.49. The van der Waals surface area contributed by atoms with Crippen molar-refractivity contribution < 1.29 is 5.11 Å². The summed E-state index contributed by atoms with van der Waals surface area (Å²) >= 11 is 0. The molecule has 0 aliphatic heterocycles. The molecular formula is C12H14B2N2O. The average molecular weight is 224 g/mol. The Hall–Kier alpha value is -1.35. The molecule has 0 spiro atoms. The summed E-state index contributed by atoms with van der Waals surface area (Å²) in [6, 6.07) is 5.33. The van der Waals surface area contributed by atoms with Crippen molar-refractivity contribution in [1.29, 1.82) is 0 Å². The van der Waals surface area contributed by atoms with Crippen molar-refractivity contribution in [3.63, 3.8) is 0 Å². The van der Waals surface area contributed by atoms with Gasteiger partial charge in [-0.15, -0.1) is 0 Å². The van der Waals surface area contributed by atoms with Crippen LogP contribution in [0.3, 0.4) is 0 Å². The number of aromatic amines is 1. The molecular weight excluding hydrogens is 210 g/mol. The summed E-state index contributed by atoms with van der Waals surface area (Å²) in [5.41, 5.74) is 1.70. The highest BCUT2D eigenvalue weighted by Gasteiger charge is 2.19. The molecule has 1 aromatic carbocycles. The lowest BCUT2D eigenvalue weighted by atomic mass is 9.67. The highest BCUT2D eigenvalue weighted by Crippen LogP contribution is 2.32. The molecule has 4 radical (unpaired) electrons. The van der Waals surface area contributed by atoms with Gasteiger partial charge < -0.3 is 15.0 Å². The molecule has 0 amide bonds. The Kier molecular flexibility index (Phi) is 3.20. The van der Waals surface area contributed by atoms with Crippen molar-refractivity contribution in [3.8, 4) is 5.75 Å². The minimum atomic E-state index is -0.355. The van der Waals surface area contributed by atoms with E-state index in [0.29, 0.717) is 0 Å². The van der Waals surface area contributed by atoms with Gasteiger partial charge in [-0.05, 0) is 43.5 Å². The number of nitrogens with one attached hydrogen (secondary N) is 1. The lowest BCUT2D eigenvalue weighted by Gasteiger charge is -2.27. The molecule has 1 heterocycles. The fraction of sp³-hybridized carbons (Fsp3) is 0.333. The number of phenols is 1. The molecule has 0 saturated carbocycles. The van der Waals surface area contributed by atoms with Gasteiger partial charge >= 0.3 is 0 Å². The van der Waals surface area contributed by atoms with E-state index in [2.05, 4.69) is 4.98 Å². The van der Waals surface area contributed by atoms with E-state index in [9.17, 15) is 5.11 Å². The molecule has 2 rings (SSSR count). The summed E-state index contributed by atoms with van der Waals surface area (Å²) in [7, 11) is 15.9. The lowest BCUT2D eigenvalue weighted by molar-refractivity contribution is 0.367. The standard InChI is InChI=1S/C12H14B2N2O/c1-16(2)12(14)11(13)7-6-15-8-4-3-5-9(17)10(7)8/h3-6,11-12,15,17H,1-2H3. The number of hydrogen-bond donors (Lipinski definition) is 2. The number of aromatic hydroxyl groups is 1. The van der Waals surface area contributed by atoms with Crippen LogP contribution >= 0.6 is 0 Å². The van der Waals surface area contributed by atoms with E-state index in [1.807, 2.05) is 25.1 Å². The molecule has 5 heteroatoms. The molecule has 1 aromatic heterocycles. The maximum absolute atomic E-state index is 9.88. The van der Waals surface area contributed by atoms with Crippen LogP contribution in [0.2, 0.25) is 0 Å². The van der Waals surface area contributed by atoms with Crippen LogP contribution in [0.4, 0.5) is 0 Å². The molecule has 0 fully saturated rings. The minimum absolute atomic E-state index is 0.222. The van der Waals surface area contributed by atoms with E-state index in [0.717, 1.165) is 16.5 Å². The van der Waals surface area contributed by atoms with Crippen LogP contribution in [-0.2, 0) is 0 Å². The zero-order valence-corrected chi connectivity index (χ0v) is 10.0. The van der Waals surface area contributed by atoms with Gasteiger partial charge in [0.15, 0.2) is 0 Å². The maximum atomic E-state index is 9.88. The number of benzene rings is 1. The van der Waals surface area contributed by atoms with Gasteiger partial charge in [-0.1, -0.05) is 6.07 Å². The number of H-pyrrole nitrogens is 1. The number of likely N-dealkylation sites (N-methyl/N-ethyl adjacent to an activating group) is 1. The fourth-order valence-electron chi connectivity index (χ4n) is 1.96. The van der Waals surface area contributed by atoms with Gasteiger partial charge in [0.25, 0.3) is 0 Å². The first-order chi connectivity index (χ1) is 8.02. The molecule has 17 heavy (non-hydrogen) atoms. The second-order valence-corrected chi connectivity index (χ2v) is 4.42. The zero-order valence-electron chi connectivity index (χ0n) is 10.0. The summed E-state index contributed by atoms with van der Waals surface area (Å²) in [4.78, 5) is 4.94. The number of hydrogen-bond acceptors (Lipinski definition) is 2. The summed E-state index contributed by atoms with van der Waals surface area (Å²) in [5, 5.41) is 10.6. The van der Waals surface area contributed by atoms with Crippen molar-refractivity contribution in [2.75, 3.05) is 14.1 Å². The van der Waals surface area contributed by atoms with E-state index in [-0.39, 0.29) is 17.5 Å². The van der Waals surface area contributed by atoms with Gasteiger partial charge in [-0.25, -0.2) is 0 Å². The third-order valence-electron chi connectivity index (χ3n) is 3.04. The number of rotatable bonds is 3. The summed E-state index contributed by atoms with van der Waals surface area (Å²) < 4.78 is 0. The molecule has 84 valence electrons. The predicted octanol–water partition coefficient (Wildman–Crippen LogP) is 1.14. The summed E-state index contributed by atoms with van der Waals surface area (Å²) in [5.74, 6) is -0.430. The number of nitrogens with zero attached hydrogens (tertiary/aromatic N) is 1. The Morgan fingerprint density at radius 2 is 2.00 bits per heavy atom. The third-order valence-corrected chi connectivity index (χ3v) is 3.04. The highest BCUT2D eigenvalue weighted by atomic mass is 16.3. The van der Waals surface area contributed by atoms with E-state index >= 15 is 0 Å². The Morgan fingerprint density at radius 1 is 1.29 bits per heavy atom. The van der Waals surface area contributed by atoms with Crippen molar-refractivity contribution in [1.82, 2.24) is 9.88 Å². The van der Waals surface area contributed by atoms with Gasteiger partial charge in [0.1, 0.15) is 5.75 Å². The molecule has 3 nitrogen and oxygen atoms in total. The normalized spacial score (nSPS) is 15.2. The lowest BCUT2D eigenvalue weighted by Crippen LogP contribution is -2.34. The Balaban J connectivity index is 2.49. The SMILES string of the molecule is [B]C(c1c[nH]c2cccc(O)c12)C([B])N(C)C. The van der Waals surface area contributed by atoms with Crippen molar-refractivity contribution >= 4 is 26.6 Å². The number of fused-ring (bicyclic) bond motifs is 1. The largest absolute Gasteiger partial charge is 0.507 e. The topological polar surface area (TPSA) is 39.3 Å². The Bertz CT molecular complexity index is 524. The molecule has 0 bridgehead atoms. The van der Waals surface area contributed by atoms with Crippen LogP contribution in [0.1, 0.15) is 11.4 Å². The summed E-state index contributed by atoms with van der Waals surface area (Å²) in [6.07, 6.45) is 1.80. The average Bonchev–Trinajstić information content (AvgIpc) is 2.72. The van der Waals surface area contributed by atoms with Crippen molar-refractivity contribution in [3.05, 3.63) is 30.0 Å². The van der Waals surface area contributed by atoms with E-state index in [4.69, 9.17) is 15.7 Å². The van der Waals surface area contributed by atoms with Crippen LogP contribution in [0.5, 0.6) is 5.75 Å².